The van der Waals surface area contributed by atoms with Crippen molar-refractivity contribution < 1.29 is 19.8 Å². The van der Waals surface area contributed by atoms with Crippen molar-refractivity contribution in [2.75, 3.05) is 33.3 Å². The van der Waals surface area contributed by atoms with Crippen LogP contribution in [0.2, 0.25) is 0 Å². The number of rotatable bonds is 6. The summed E-state index contributed by atoms with van der Waals surface area (Å²) in [5, 5.41) is 0. The molecule has 0 amide bonds. The minimum atomic E-state index is -3.23. The summed E-state index contributed by atoms with van der Waals surface area (Å²) in [5.41, 5.74) is 0.812. The second-order valence-corrected chi connectivity index (χ2v) is 4.02. The molecule has 0 spiro atoms. The van der Waals surface area contributed by atoms with Crippen molar-refractivity contribution in [3.63, 3.8) is 0 Å². The first-order valence-corrected chi connectivity index (χ1v) is 6.08. The molecule has 2 rings (SSSR count). The van der Waals surface area contributed by atoms with Crippen molar-refractivity contribution in [1.29, 1.82) is 0 Å². The maximum atomic E-state index is 8.02. The molecule has 0 aliphatic carbocycles. The molecule has 0 atom stereocenters. The van der Waals surface area contributed by atoms with Crippen LogP contribution in [0.15, 0.2) is 21.6 Å². The third kappa shape index (κ3) is 4.16. The van der Waals surface area contributed by atoms with Crippen molar-refractivity contribution in [3.05, 3.63) is 11.6 Å². The second kappa shape index (κ2) is 7.43. The number of nitrogens with zero attached hydrogens (tertiary/aromatic N) is 3. The maximum absolute atomic E-state index is 8.02. The van der Waals surface area contributed by atoms with Gasteiger partial charge in [0, 0.05) is 28.2 Å². The van der Waals surface area contributed by atoms with E-state index in [2.05, 4.69) is 9.98 Å². The molecule has 19 heavy (non-hydrogen) atoms. The number of aliphatic imine (C=N–C) groups is 2. The first kappa shape index (κ1) is 5.68. The molecular weight excluding hydrogens is 238 g/mol. The lowest BCUT2D eigenvalue weighted by Crippen LogP contribution is -2.31. The molecule has 0 saturated heterocycles. The van der Waals surface area contributed by atoms with E-state index in [-0.39, 0.29) is 24.8 Å². The zero-order chi connectivity index (χ0) is 23.2. The van der Waals surface area contributed by atoms with Gasteiger partial charge in [-0.1, -0.05) is 32.1 Å². The van der Waals surface area contributed by atoms with E-state index in [1.165, 1.54) is 4.90 Å². The summed E-state index contributed by atoms with van der Waals surface area (Å²) in [4.78, 5) is 9.46. The monoisotopic (exact) mass is 274 g/mol. The topological polar surface area (TPSA) is 37.2 Å². The van der Waals surface area contributed by atoms with E-state index in [1.54, 1.807) is 6.08 Å². The molecule has 4 heteroatoms. The van der Waals surface area contributed by atoms with Gasteiger partial charge in [-0.25, -0.2) is 4.99 Å². The predicted molar refractivity (Wildman–Crippen MR) is 80.0 cm³/mol. The number of likely N-dealkylation sites (N-methyl/N-ethyl adjacent to an activating group) is 1. The fourth-order valence-electron chi connectivity index (χ4n) is 1.83. The molecule has 0 radical (unpaired) electrons. The molecule has 0 fully saturated rings. The van der Waals surface area contributed by atoms with E-state index >= 15 is 0 Å². The normalized spacial score (nSPS) is 32.3. The van der Waals surface area contributed by atoms with Gasteiger partial charge in [0.25, 0.3) is 0 Å². The number of ether oxygens (including phenoxy) is 1. The van der Waals surface area contributed by atoms with Crippen molar-refractivity contribution in [2.24, 2.45) is 9.98 Å². The Morgan fingerprint density at radius 3 is 3.21 bits per heavy atom. The Morgan fingerprint density at radius 2 is 2.37 bits per heavy atom. The molecule has 0 aromatic heterocycles. The average Bonchev–Trinajstić information content (AvgIpc) is 3.06. The van der Waals surface area contributed by atoms with Gasteiger partial charge >= 0.3 is 0 Å². The SMILES string of the molecule is [2H]C([2H])([2H])N1CCC=C(C2=NCN=C2OCC([2H])([2H])C([2H])([2H])C([2H])([2H])C([2H])([2H])C)C1. The van der Waals surface area contributed by atoms with Gasteiger partial charge in [-0.05, 0) is 25.3 Å². The summed E-state index contributed by atoms with van der Waals surface area (Å²) in [6.07, 6.45) is -9.66. The summed E-state index contributed by atoms with van der Waals surface area (Å²) in [5.74, 6) is -0.0756. The molecule has 0 bridgehead atoms. The van der Waals surface area contributed by atoms with Crippen LogP contribution >= 0.6 is 0 Å². The highest BCUT2D eigenvalue weighted by molar-refractivity contribution is 6.46. The molecule has 4 nitrogen and oxygen atoms in total. The van der Waals surface area contributed by atoms with Gasteiger partial charge in [0.05, 0.1) is 6.61 Å². The lowest BCUT2D eigenvalue weighted by Gasteiger charge is -2.23. The van der Waals surface area contributed by atoms with E-state index in [1.807, 2.05) is 0 Å². The van der Waals surface area contributed by atoms with Gasteiger partial charge in [-0.15, -0.1) is 0 Å². The van der Waals surface area contributed by atoms with E-state index in [9.17, 15) is 0 Å². The Bertz CT molecular complexity index is 750. The summed E-state index contributed by atoms with van der Waals surface area (Å²) < 4.78 is 90.7. The van der Waals surface area contributed by atoms with Crippen LogP contribution in [0, 0.1) is 0 Å². The molecule has 0 aromatic carbocycles. The van der Waals surface area contributed by atoms with E-state index in [0.29, 0.717) is 18.5 Å². The van der Waals surface area contributed by atoms with Crippen molar-refractivity contribution >= 4 is 11.6 Å². The Balaban J connectivity index is 2.14. The fraction of sp³-hybridized carbons (Fsp3) is 0.733. The first-order chi connectivity index (χ1) is 13.4. The third-order valence-electron chi connectivity index (χ3n) is 2.66. The van der Waals surface area contributed by atoms with Gasteiger partial charge in [-0.2, -0.15) is 0 Å². The first-order valence-electron chi connectivity index (χ1n) is 11.6. The molecule has 0 saturated carbocycles. The number of hydrogen-bond acceptors (Lipinski definition) is 4. The smallest absolute Gasteiger partial charge is 0.237 e. The summed E-state index contributed by atoms with van der Waals surface area (Å²) in [6.45, 7) is -1.95. The Labute approximate surface area is 131 Å². The number of hydrogen-bond donors (Lipinski definition) is 0. The lowest BCUT2D eigenvalue weighted by atomic mass is 10.1. The average molecular weight is 274 g/mol. The third-order valence-corrected chi connectivity index (χ3v) is 2.66. The van der Waals surface area contributed by atoms with Gasteiger partial charge in [0.15, 0.2) is 0 Å². The molecule has 106 valence electrons. The van der Waals surface area contributed by atoms with Gasteiger partial charge in [-0.3, -0.25) is 4.99 Å². The van der Waals surface area contributed by atoms with Crippen LogP contribution < -0.4 is 0 Å². The Morgan fingerprint density at radius 1 is 1.42 bits per heavy atom. The quantitative estimate of drug-likeness (QED) is 0.746. The van der Waals surface area contributed by atoms with E-state index in [4.69, 9.17) is 19.8 Å². The van der Waals surface area contributed by atoms with Crippen molar-refractivity contribution in [1.82, 2.24) is 4.90 Å². The highest BCUT2D eigenvalue weighted by Gasteiger charge is 2.22. The standard InChI is InChI=1S/C15H25N3O/c1-3-4-5-6-10-19-15-14(16-12-17-15)13-8-7-9-18(2)11-13/h8H,3-7,9-12H2,1-2H3/i2D3,3D2,4D2,5D2,6D2. The molecule has 2 heterocycles. The minimum Gasteiger partial charge on any atom is -0.476 e. The highest BCUT2D eigenvalue weighted by atomic mass is 16.5. The second-order valence-electron chi connectivity index (χ2n) is 4.02. The lowest BCUT2D eigenvalue weighted by molar-refractivity contribution is 0.298. The van der Waals surface area contributed by atoms with Crippen LogP contribution in [0.1, 0.15) is 53.9 Å². The van der Waals surface area contributed by atoms with Crippen LogP contribution in [0.5, 0.6) is 0 Å². The molecule has 2 aliphatic rings. The van der Waals surface area contributed by atoms with Crippen molar-refractivity contribution in [2.45, 2.75) is 38.8 Å². The van der Waals surface area contributed by atoms with Crippen molar-refractivity contribution in [3.8, 4) is 0 Å². The van der Waals surface area contributed by atoms with Gasteiger partial charge < -0.3 is 9.64 Å². The van der Waals surface area contributed by atoms with Crippen LogP contribution in [0.3, 0.4) is 0 Å². The molecular formula is C15H25N3O. The Kier molecular flexibility index (Phi) is 2.22. The van der Waals surface area contributed by atoms with Gasteiger partial charge in [0.1, 0.15) is 12.4 Å². The minimum absolute atomic E-state index is 0.00992. The van der Waals surface area contributed by atoms with E-state index in [0.717, 1.165) is 6.92 Å². The highest BCUT2D eigenvalue weighted by Crippen LogP contribution is 2.14. The predicted octanol–water partition coefficient (Wildman–Crippen LogP) is 2.66. The fourth-order valence-corrected chi connectivity index (χ4v) is 1.83. The van der Waals surface area contributed by atoms with Crippen LogP contribution in [-0.4, -0.2) is 49.9 Å². The molecule has 0 N–H and O–H groups in total. The summed E-state index contributed by atoms with van der Waals surface area (Å²) >= 11 is 0. The molecule has 2 aliphatic heterocycles. The van der Waals surface area contributed by atoms with Gasteiger partial charge in [0.2, 0.25) is 5.90 Å². The maximum Gasteiger partial charge on any atom is 0.237 e. The molecule has 0 unspecified atom stereocenters. The summed E-state index contributed by atoms with van der Waals surface area (Å²) in [7, 11) is 0. The largest absolute Gasteiger partial charge is 0.476 e. The van der Waals surface area contributed by atoms with E-state index < -0.39 is 39.1 Å². The molecule has 0 aromatic rings. The van der Waals surface area contributed by atoms with Crippen LogP contribution in [0.4, 0.5) is 0 Å². The van der Waals surface area contributed by atoms with Crippen LogP contribution in [-0.2, 0) is 4.74 Å². The van der Waals surface area contributed by atoms with Crippen LogP contribution in [0.25, 0.3) is 0 Å². The summed E-state index contributed by atoms with van der Waals surface area (Å²) in [6, 6.07) is 0. The Hall–Kier alpha value is -1.16. The zero-order valence-corrected chi connectivity index (χ0v) is 10.9. The zero-order valence-electron chi connectivity index (χ0n) is 21.9.